The fraction of sp³-hybridized carbons (Fsp3) is 0.267. The van der Waals surface area contributed by atoms with Gasteiger partial charge in [-0.3, -0.25) is 4.79 Å². The fourth-order valence-corrected chi connectivity index (χ4v) is 1.52. The summed E-state index contributed by atoms with van der Waals surface area (Å²) >= 11 is 0. The van der Waals surface area contributed by atoms with Crippen molar-refractivity contribution in [3.05, 3.63) is 47.0 Å². The quantitative estimate of drug-likeness (QED) is 0.832. The van der Waals surface area contributed by atoms with Crippen LogP contribution in [0.15, 0.2) is 30.4 Å². The summed E-state index contributed by atoms with van der Waals surface area (Å²) in [5.74, 6) is -0.806. The highest BCUT2D eigenvalue weighted by molar-refractivity contribution is 5.72. The highest BCUT2D eigenvalue weighted by Gasteiger charge is 1.97. The smallest absolute Gasteiger partial charge is 0.307 e. The summed E-state index contributed by atoms with van der Waals surface area (Å²) in [6.07, 6.45) is 8.77. The number of rotatable bonds is 5. The zero-order valence-electron chi connectivity index (χ0n) is 10.3. The number of carbonyl (C=O) groups is 1. The Hall–Kier alpha value is -1.83. The van der Waals surface area contributed by atoms with Gasteiger partial charge in [-0.2, -0.15) is 0 Å². The Morgan fingerprint density at radius 1 is 1.24 bits per heavy atom. The van der Waals surface area contributed by atoms with E-state index in [1.165, 1.54) is 5.56 Å². The van der Waals surface area contributed by atoms with E-state index in [9.17, 15) is 4.79 Å². The van der Waals surface area contributed by atoms with Gasteiger partial charge >= 0.3 is 5.97 Å². The summed E-state index contributed by atoms with van der Waals surface area (Å²) in [5, 5.41) is 8.58. The van der Waals surface area contributed by atoms with Crippen LogP contribution in [0.3, 0.4) is 0 Å². The van der Waals surface area contributed by atoms with Gasteiger partial charge in [-0.15, -0.1) is 0 Å². The first-order chi connectivity index (χ1) is 8.13. The maximum absolute atomic E-state index is 10.4. The van der Waals surface area contributed by atoms with Crippen LogP contribution in [0, 0.1) is 6.92 Å². The van der Waals surface area contributed by atoms with E-state index in [1.807, 2.05) is 25.1 Å². The van der Waals surface area contributed by atoms with Crippen molar-refractivity contribution in [3.63, 3.8) is 0 Å². The van der Waals surface area contributed by atoms with Gasteiger partial charge in [0, 0.05) is 0 Å². The van der Waals surface area contributed by atoms with Crippen molar-refractivity contribution in [1.82, 2.24) is 0 Å². The lowest BCUT2D eigenvalue weighted by molar-refractivity contribution is -0.135. The first-order valence-electron chi connectivity index (χ1n) is 5.79. The van der Waals surface area contributed by atoms with Gasteiger partial charge in [-0.1, -0.05) is 55.0 Å². The number of aliphatic carboxylic acids is 1. The number of aryl methyl sites for hydroxylation is 1. The lowest BCUT2D eigenvalue weighted by Gasteiger charge is -2.02. The van der Waals surface area contributed by atoms with Crippen LogP contribution >= 0.6 is 0 Å². The van der Waals surface area contributed by atoms with Crippen molar-refractivity contribution in [3.8, 4) is 0 Å². The maximum Gasteiger partial charge on any atom is 0.307 e. The number of benzene rings is 1. The molecule has 0 aliphatic rings. The molecule has 0 bridgehead atoms. The second-order valence-corrected chi connectivity index (χ2v) is 3.94. The van der Waals surface area contributed by atoms with E-state index < -0.39 is 5.97 Å². The van der Waals surface area contributed by atoms with Crippen molar-refractivity contribution in [2.24, 2.45) is 0 Å². The second kappa shape index (κ2) is 6.69. The molecule has 2 heteroatoms. The standard InChI is InChI=1S/C15H18O2/c1-3-4-6-14-11-12(2)9-10-13(14)7-5-8-15(16)17/h4-7,9-11H,3,8H2,1-2H3,(H,16,17). The molecule has 0 fully saturated rings. The molecule has 0 radical (unpaired) electrons. The fourth-order valence-electron chi connectivity index (χ4n) is 1.52. The van der Waals surface area contributed by atoms with E-state index in [2.05, 4.69) is 25.1 Å². The Bertz CT molecular complexity index is 442. The number of carboxylic acids is 1. The third-order valence-corrected chi connectivity index (χ3v) is 2.37. The third kappa shape index (κ3) is 4.68. The third-order valence-electron chi connectivity index (χ3n) is 2.37. The molecule has 0 amide bonds. The minimum Gasteiger partial charge on any atom is -0.481 e. The first kappa shape index (κ1) is 13.2. The molecular weight excluding hydrogens is 212 g/mol. The molecule has 0 spiro atoms. The molecular formula is C15H18O2. The normalized spacial score (nSPS) is 11.4. The van der Waals surface area contributed by atoms with Crippen LogP contribution < -0.4 is 0 Å². The molecule has 0 aliphatic heterocycles. The van der Waals surface area contributed by atoms with Crippen LogP contribution in [0.4, 0.5) is 0 Å². The monoisotopic (exact) mass is 230 g/mol. The van der Waals surface area contributed by atoms with Gasteiger partial charge in [0.15, 0.2) is 0 Å². The maximum atomic E-state index is 10.4. The largest absolute Gasteiger partial charge is 0.481 e. The molecule has 0 aliphatic carbocycles. The highest BCUT2D eigenvalue weighted by atomic mass is 16.4. The molecule has 1 aromatic rings. The van der Waals surface area contributed by atoms with Crippen molar-refractivity contribution >= 4 is 18.1 Å². The molecule has 0 saturated carbocycles. The molecule has 90 valence electrons. The van der Waals surface area contributed by atoms with Crippen LogP contribution in [0.5, 0.6) is 0 Å². The Morgan fingerprint density at radius 3 is 2.59 bits per heavy atom. The summed E-state index contributed by atoms with van der Waals surface area (Å²) < 4.78 is 0. The number of carboxylic acid groups (broad SMARTS) is 1. The molecule has 1 N–H and O–H groups in total. The Kier molecular flexibility index (Phi) is 5.21. The Labute approximate surface area is 102 Å². The van der Waals surface area contributed by atoms with Gasteiger partial charge in [-0.25, -0.2) is 0 Å². The zero-order chi connectivity index (χ0) is 12.7. The van der Waals surface area contributed by atoms with Gasteiger partial charge < -0.3 is 5.11 Å². The van der Waals surface area contributed by atoms with Gasteiger partial charge in [0.2, 0.25) is 0 Å². The van der Waals surface area contributed by atoms with E-state index >= 15 is 0 Å². The predicted molar refractivity (Wildman–Crippen MR) is 71.8 cm³/mol. The van der Waals surface area contributed by atoms with Crippen molar-refractivity contribution in [2.45, 2.75) is 26.7 Å². The van der Waals surface area contributed by atoms with Crippen LogP contribution in [-0.4, -0.2) is 11.1 Å². The zero-order valence-corrected chi connectivity index (χ0v) is 10.3. The molecule has 0 saturated heterocycles. The van der Waals surface area contributed by atoms with Crippen LogP contribution in [0.1, 0.15) is 36.5 Å². The average Bonchev–Trinajstić information content (AvgIpc) is 2.28. The summed E-state index contributed by atoms with van der Waals surface area (Å²) in [6.45, 7) is 4.14. The lowest BCUT2D eigenvalue weighted by atomic mass is 10.0. The molecule has 0 atom stereocenters. The van der Waals surface area contributed by atoms with Crippen LogP contribution in [-0.2, 0) is 4.79 Å². The topological polar surface area (TPSA) is 37.3 Å². The summed E-state index contributed by atoms with van der Waals surface area (Å²) in [4.78, 5) is 10.4. The van der Waals surface area contributed by atoms with Gasteiger partial charge in [-0.05, 0) is 24.5 Å². The molecule has 1 rings (SSSR count). The van der Waals surface area contributed by atoms with E-state index in [1.54, 1.807) is 6.08 Å². The first-order valence-corrected chi connectivity index (χ1v) is 5.79. The minimum atomic E-state index is -0.806. The van der Waals surface area contributed by atoms with Crippen LogP contribution in [0.25, 0.3) is 12.2 Å². The van der Waals surface area contributed by atoms with Crippen molar-refractivity contribution in [2.75, 3.05) is 0 Å². The number of hydrogen-bond acceptors (Lipinski definition) is 1. The van der Waals surface area contributed by atoms with Gasteiger partial charge in [0.25, 0.3) is 0 Å². The van der Waals surface area contributed by atoms with Crippen LogP contribution in [0.2, 0.25) is 0 Å². The number of allylic oxidation sites excluding steroid dienone is 1. The van der Waals surface area contributed by atoms with Crippen molar-refractivity contribution in [1.29, 1.82) is 0 Å². The predicted octanol–water partition coefficient (Wildman–Crippen LogP) is 3.91. The minimum absolute atomic E-state index is 0.0603. The van der Waals surface area contributed by atoms with E-state index in [0.29, 0.717) is 0 Å². The van der Waals surface area contributed by atoms with Crippen molar-refractivity contribution < 1.29 is 9.90 Å². The molecule has 0 heterocycles. The lowest BCUT2D eigenvalue weighted by Crippen LogP contribution is -1.90. The summed E-state index contributed by atoms with van der Waals surface area (Å²) in [5.41, 5.74) is 3.39. The Balaban J connectivity index is 2.93. The van der Waals surface area contributed by atoms with E-state index in [0.717, 1.165) is 17.5 Å². The average molecular weight is 230 g/mol. The van der Waals surface area contributed by atoms with E-state index in [-0.39, 0.29) is 6.42 Å². The molecule has 0 unspecified atom stereocenters. The summed E-state index contributed by atoms with van der Waals surface area (Å²) in [7, 11) is 0. The van der Waals surface area contributed by atoms with Gasteiger partial charge in [0.1, 0.15) is 0 Å². The Morgan fingerprint density at radius 2 is 1.94 bits per heavy atom. The summed E-state index contributed by atoms with van der Waals surface area (Å²) in [6, 6.07) is 6.15. The van der Waals surface area contributed by atoms with Gasteiger partial charge in [0.05, 0.1) is 6.42 Å². The molecule has 2 nitrogen and oxygen atoms in total. The number of hydrogen-bond donors (Lipinski definition) is 1. The second-order valence-electron chi connectivity index (χ2n) is 3.94. The van der Waals surface area contributed by atoms with E-state index in [4.69, 9.17) is 5.11 Å². The molecule has 17 heavy (non-hydrogen) atoms. The SMILES string of the molecule is CCC=Cc1cc(C)ccc1C=CCC(=O)O. The molecule has 1 aromatic carbocycles. The molecule has 0 aromatic heterocycles. The highest BCUT2D eigenvalue weighted by Crippen LogP contribution is 2.16.